The van der Waals surface area contributed by atoms with Crippen LogP contribution in [0.4, 0.5) is 0 Å². The lowest BCUT2D eigenvalue weighted by Gasteiger charge is -2.29. The molecule has 96 valence electrons. The van der Waals surface area contributed by atoms with Crippen LogP contribution in [0, 0.1) is 0 Å². The van der Waals surface area contributed by atoms with Crippen molar-refractivity contribution < 1.29 is 9.90 Å². The summed E-state index contributed by atoms with van der Waals surface area (Å²) in [5, 5.41) is 12.8. The fourth-order valence-corrected chi connectivity index (χ4v) is 2.88. The van der Waals surface area contributed by atoms with Gasteiger partial charge in [-0.15, -0.1) is 0 Å². The number of nitrogens with zero attached hydrogens (tertiary/aromatic N) is 1. The number of nitrogens with one attached hydrogen (secondary N) is 1. The van der Waals surface area contributed by atoms with Crippen molar-refractivity contribution in [3.05, 3.63) is 35.4 Å². The standard InChI is InChI=1S/C14H18N2O2/c17-11-5-6-16(9-11)14(18)13-8-15-7-10-3-1-2-4-12(10)13/h1-4,11,13,15,17H,5-9H2. The average molecular weight is 246 g/mol. The molecule has 1 amide bonds. The van der Waals surface area contributed by atoms with Crippen LogP contribution in [0.1, 0.15) is 23.5 Å². The van der Waals surface area contributed by atoms with Gasteiger partial charge in [0.1, 0.15) is 0 Å². The van der Waals surface area contributed by atoms with Crippen LogP contribution in [-0.2, 0) is 11.3 Å². The molecular formula is C14H18N2O2. The molecule has 1 saturated heterocycles. The number of β-amino-alcohol motifs (C(OH)–C–C–N with tert-alkyl or cyclic N) is 1. The Balaban J connectivity index is 1.83. The Morgan fingerprint density at radius 1 is 1.39 bits per heavy atom. The molecule has 0 saturated carbocycles. The van der Waals surface area contributed by atoms with Gasteiger partial charge >= 0.3 is 0 Å². The van der Waals surface area contributed by atoms with Gasteiger partial charge < -0.3 is 15.3 Å². The zero-order chi connectivity index (χ0) is 12.5. The molecule has 2 aliphatic rings. The van der Waals surface area contributed by atoms with Gasteiger partial charge in [0.25, 0.3) is 0 Å². The Morgan fingerprint density at radius 3 is 3.00 bits per heavy atom. The summed E-state index contributed by atoms with van der Waals surface area (Å²) in [6, 6.07) is 8.11. The zero-order valence-corrected chi connectivity index (χ0v) is 10.3. The van der Waals surface area contributed by atoms with E-state index in [1.54, 1.807) is 4.90 Å². The lowest BCUT2D eigenvalue weighted by atomic mass is 9.90. The molecule has 2 unspecified atom stereocenters. The number of fused-ring (bicyclic) bond motifs is 1. The molecule has 0 aromatic heterocycles. The van der Waals surface area contributed by atoms with Gasteiger partial charge in [0.05, 0.1) is 12.0 Å². The van der Waals surface area contributed by atoms with Crippen molar-refractivity contribution >= 4 is 5.91 Å². The number of aliphatic hydroxyl groups is 1. The van der Waals surface area contributed by atoms with E-state index in [9.17, 15) is 9.90 Å². The first-order valence-corrected chi connectivity index (χ1v) is 6.51. The fourth-order valence-electron chi connectivity index (χ4n) is 2.88. The van der Waals surface area contributed by atoms with Gasteiger partial charge in [-0.2, -0.15) is 0 Å². The van der Waals surface area contributed by atoms with Gasteiger partial charge in [0.15, 0.2) is 0 Å². The van der Waals surface area contributed by atoms with Gasteiger partial charge in [-0.25, -0.2) is 0 Å². The molecule has 2 aliphatic heterocycles. The lowest BCUT2D eigenvalue weighted by molar-refractivity contribution is -0.132. The van der Waals surface area contributed by atoms with Crippen molar-refractivity contribution in [2.24, 2.45) is 0 Å². The number of aliphatic hydroxyl groups excluding tert-OH is 1. The Kier molecular flexibility index (Phi) is 3.06. The maximum Gasteiger partial charge on any atom is 0.231 e. The number of carbonyl (C=O) groups is 1. The van der Waals surface area contributed by atoms with Crippen LogP contribution in [0.5, 0.6) is 0 Å². The predicted octanol–water partition coefficient (Wildman–Crippen LogP) is 0.467. The molecule has 4 heteroatoms. The number of amides is 1. The van der Waals surface area contributed by atoms with E-state index in [0.29, 0.717) is 26.1 Å². The van der Waals surface area contributed by atoms with Gasteiger partial charge in [-0.1, -0.05) is 24.3 Å². The van der Waals surface area contributed by atoms with Crippen LogP contribution in [0.2, 0.25) is 0 Å². The second-order valence-electron chi connectivity index (χ2n) is 5.11. The topological polar surface area (TPSA) is 52.6 Å². The minimum absolute atomic E-state index is 0.0970. The number of rotatable bonds is 1. The summed E-state index contributed by atoms with van der Waals surface area (Å²) in [5.74, 6) is 0.0476. The van der Waals surface area contributed by atoms with Crippen LogP contribution >= 0.6 is 0 Å². The average Bonchev–Trinajstić information content (AvgIpc) is 2.84. The van der Waals surface area contributed by atoms with Crippen molar-refractivity contribution in [2.45, 2.75) is 25.0 Å². The van der Waals surface area contributed by atoms with Crippen LogP contribution in [-0.4, -0.2) is 41.7 Å². The SMILES string of the molecule is O=C(C1CNCc2ccccc21)N1CCC(O)C1. The number of benzene rings is 1. The molecule has 2 N–H and O–H groups in total. The largest absolute Gasteiger partial charge is 0.391 e. The first-order chi connectivity index (χ1) is 8.75. The third-order valence-corrected chi connectivity index (χ3v) is 3.87. The van der Waals surface area contributed by atoms with E-state index in [-0.39, 0.29) is 17.9 Å². The second-order valence-corrected chi connectivity index (χ2v) is 5.11. The molecule has 2 atom stereocenters. The number of likely N-dealkylation sites (tertiary alicyclic amines) is 1. The number of hydrogen-bond acceptors (Lipinski definition) is 3. The van der Waals surface area contributed by atoms with E-state index in [1.165, 1.54) is 5.56 Å². The van der Waals surface area contributed by atoms with Crippen molar-refractivity contribution in [2.75, 3.05) is 19.6 Å². The Morgan fingerprint density at radius 2 is 2.22 bits per heavy atom. The number of hydrogen-bond donors (Lipinski definition) is 2. The highest BCUT2D eigenvalue weighted by Crippen LogP contribution is 2.26. The predicted molar refractivity (Wildman–Crippen MR) is 68.1 cm³/mol. The first-order valence-electron chi connectivity index (χ1n) is 6.51. The third kappa shape index (κ3) is 2.02. The van der Waals surface area contributed by atoms with Crippen molar-refractivity contribution in [1.82, 2.24) is 10.2 Å². The van der Waals surface area contributed by atoms with Crippen LogP contribution in [0.15, 0.2) is 24.3 Å². The van der Waals surface area contributed by atoms with E-state index in [1.807, 2.05) is 18.2 Å². The summed E-state index contributed by atoms with van der Waals surface area (Å²) in [6.45, 7) is 2.70. The van der Waals surface area contributed by atoms with Gasteiger partial charge in [-0.05, 0) is 17.5 Å². The molecule has 0 bridgehead atoms. The summed E-state index contributed by atoms with van der Waals surface area (Å²) >= 11 is 0. The van der Waals surface area contributed by atoms with E-state index in [0.717, 1.165) is 12.1 Å². The summed E-state index contributed by atoms with van der Waals surface area (Å²) in [4.78, 5) is 14.3. The van der Waals surface area contributed by atoms with E-state index >= 15 is 0 Å². The number of carbonyl (C=O) groups excluding carboxylic acids is 1. The quantitative estimate of drug-likeness (QED) is 0.757. The van der Waals surface area contributed by atoms with Crippen molar-refractivity contribution in [1.29, 1.82) is 0 Å². The molecule has 1 fully saturated rings. The fraction of sp³-hybridized carbons (Fsp3) is 0.500. The van der Waals surface area contributed by atoms with Crippen molar-refractivity contribution in [3.8, 4) is 0 Å². The molecular weight excluding hydrogens is 228 g/mol. The normalized spacial score (nSPS) is 27.1. The van der Waals surface area contributed by atoms with Crippen LogP contribution < -0.4 is 5.32 Å². The Hall–Kier alpha value is -1.39. The molecule has 1 aromatic rings. The van der Waals surface area contributed by atoms with Gasteiger partial charge in [0.2, 0.25) is 5.91 Å². The van der Waals surface area contributed by atoms with Crippen LogP contribution in [0.25, 0.3) is 0 Å². The molecule has 2 heterocycles. The van der Waals surface area contributed by atoms with E-state index in [2.05, 4.69) is 11.4 Å². The highest BCUT2D eigenvalue weighted by molar-refractivity contribution is 5.85. The second kappa shape index (κ2) is 4.71. The summed E-state index contributed by atoms with van der Waals surface area (Å²) in [6.07, 6.45) is 0.355. The zero-order valence-electron chi connectivity index (χ0n) is 10.3. The highest BCUT2D eigenvalue weighted by Gasteiger charge is 2.33. The van der Waals surface area contributed by atoms with Crippen molar-refractivity contribution in [3.63, 3.8) is 0 Å². The molecule has 4 nitrogen and oxygen atoms in total. The lowest BCUT2D eigenvalue weighted by Crippen LogP contribution is -2.40. The maximum absolute atomic E-state index is 12.5. The molecule has 18 heavy (non-hydrogen) atoms. The summed E-state index contributed by atoms with van der Waals surface area (Å²) in [5.41, 5.74) is 2.35. The third-order valence-electron chi connectivity index (χ3n) is 3.87. The van der Waals surface area contributed by atoms with E-state index < -0.39 is 0 Å². The molecule has 3 rings (SSSR count). The molecule has 0 spiro atoms. The van der Waals surface area contributed by atoms with Crippen LogP contribution in [0.3, 0.4) is 0 Å². The van der Waals surface area contributed by atoms with E-state index in [4.69, 9.17) is 0 Å². The highest BCUT2D eigenvalue weighted by atomic mass is 16.3. The first kappa shape index (κ1) is 11.7. The monoisotopic (exact) mass is 246 g/mol. The van der Waals surface area contributed by atoms with Gasteiger partial charge in [0, 0.05) is 26.2 Å². The molecule has 0 aliphatic carbocycles. The smallest absolute Gasteiger partial charge is 0.231 e. The molecule has 0 radical (unpaired) electrons. The Bertz CT molecular complexity index is 461. The maximum atomic E-state index is 12.5. The van der Waals surface area contributed by atoms with Gasteiger partial charge in [-0.3, -0.25) is 4.79 Å². The summed E-state index contributed by atoms with van der Waals surface area (Å²) in [7, 11) is 0. The minimum atomic E-state index is -0.347. The summed E-state index contributed by atoms with van der Waals surface area (Å²) < 4.78 is 0. The Labute approximate surface area is 107 Å². The minimum Gasteiger partial charge on any atom is -0.391 e. The molecule has 1 aromatic carbocycles.